The summed E-state index contributed by atoms with van der Waals surface area (Å²) in [4.78, 5) is 11.9. The molecule has 2 N–H and O–H groups in total. The van der Waals surface area contributed by atoms with E-state index in [4.69, 9.17) is 4.74 Å². The fraction of sp³-hybridized carbons (Fsp3) is 0.500. The first-order chi connectivity index (χ1) is 8.58. The number of rotatable bonds is 6. The van der Waals surface area contributed by atoms with E-state index in [1.165, 1.54) is 0 Å². The van der Waals surface area contributed by atoms with Crippen LogP contribution in [-0.2, 0) is 4.79 Å². The molecule has 0 saturated heterocycles. The number of halogens is 1. The van der Waals surface area contributed by atoms with Gasteiger partial charge in [0.05, 0.1) is 13.2 Å². The normalized spacial score (nSPS) is 13.1. The van der Waals surface area contributed by atoms with Crippen LogP contribution in [0.4, 0.5) is 0 Å². The average Bonchev–Trinajstić information content (AvgIpc) is 2.39. The molecule has 0 fully saturated rings. The summed E-state index contributed by atoms with van der Waals surface area (Å²) in [6, 6.07) is 7.71. The second-order valence-electron chi connectivity index (χ2n) is 4.47. The summed E-state index contributed by atoms with van der Waals surface area (Å²) >= 11 is 0. The highest BCUT2D eigenvalue weighted by molar-refractivity contribution is 5.85. The fourth-order valence-electron chi connectivity index (χ4n) is 1.75. The fourth-order valence-corrected chi connectivity index (χ4v) is 1.75. The van der Waals surface area contributed by atoms with E-state index < -0.39 is 0 Å². The van der Waals surface area contributed by atoms with Crippen LogP contribution in [0.25, 0.3) is 0 Å². The standard InChI is InChI=1S/C14H22N2O2.ClH/c1-10(9-15-3)14(17)16-11(2)12-6-5-7-13(8-12)18-4;/h5-8,10-11,15H,9H2,1-4H3,(H,16,17);1H. The van der Waals surface area contributed by atoms with Gasteiger partial charge >= 0.3 is 0 Å². The second kappa shape index (κ2) is 8.77. The maximum Gasteiger partial charge on any atom is 0.224 e. The Morgan fingerprint density at radius 3 is 2.63 bits per heavy atom. The molecule has 0 aromatic heterocycles. The molecule has 0 saturated carbocycles. The van der Waals surface area contributed by atoms with Gasteiger partial charge in [0.1, 0.15) is 5.75 Å². The van der Waals surface area contributed by atoms with E-state index in [0.717, 1.165) is 11.3 Å². The molecule has 4 nitrogen and oxygen atoms in total. The summed E-state index contributed by atoms with van der Waals surface area (Å²) in [6.45, 7) is 4.56. The largest absolute Gasteiger partial charge is 0.497 e. The predicted octanol–water partition coefficient (Wildman–Crippen LogP) is 2.15. The van der Waals surface area contributed by atoms with Gasteiger partial charge in [-0.25, -0.2) is 0 Å². The molecule has 19 heavy (non-hydrogen) atoms. The first-order valence-electron chi connectivity index (χ1n) is 6.17. The Balaban J connectivity index is 0.00000324. The number of hydrogen-bond acceptors (Lipinski definition) is 3. The molecule has 1 aromatic rings. The van der Waals surface area contributed by atoms with E-state index >= 15 is 0 Å². The summed E-state index contributed by atoms with van der Waals surface area (Å²) in [6.07, 6.45) is 0. The molecular weight excluding hydrogens is 264 g/mol. The molecule has 2 atom stereocenters. The summed E-state index contributed by atoms with van der Waals surface area (Å²) in [5.41, 5.74) is 1.04. The number of amides is 1. The minimum absolute atomic E-state index is 0. The Bertz CT molecular complexity index is 399. The molecule has 1 rings (SSSR count). The highest BCUT2D eigenvalue weighted by Gasteiger charge is 2.15. The second-order valence-corrected chi connectivity index (χ2v) is 4.47. The van der Waals surface area contributed by atoms with Gasteiger partial charge in [0.2, 0.25) is 5.91 Å². The minimum Gasteiger partial charge on any atom is -0.497 e. The van der Waals surface area contributed by atoms with Gasteiger partial charge in [-0.15, -0.1) is 12.4 Å². The van der Waals surface area contributed by atoms with Gasteiger partial charge in [0.25, 0.3) is 0 Å². The molecule has 0 heterocycles. The maximum atomic E-state index is 11.9. The van der Waals surface area contributed by atoms with Crippen molar-refractivity contribution in [1.82, 2.24) is 10.6 Å². The van der Waals surface area contributed by atoms with Crippen molar-refractivity contribution in [2.24, 2.45) is 5.92 Å². The van der Waals surface area contributed by atoms with Gasteiger partial charge in [-0.1, -0.05) is 19.1 Å². The number of hydrogen-bond donors (Lipinski definition) is 2. The summed E-state index contributed by atoms with van der Waals surface area (Å²) in [5, 5.41) is 6.00. The van der Waals surface area contributed by atoms with Crippen molar-refractivity contribution in [2.45, 2.75) is 19.9 Å². The summed E-state index contributed by atoms with van der Waals surface area (Å²) in [7, 11) is 3.48. The zero-order valence-corrected chi connectivity index (χ0v) is 12.7. The number of methoxy groups -OCH3 is 1. The predicted molar refractivity (Wildman–Crippen MR) is 79.9 cm³/mol. The van der Waals surface area contributed by atoms with Crippen molar-refractivity contribution >= 4 is 18.3 Å². The lowest BCUT2D eigenvalue weighted by atomic mass is 10.1. The third-order valence-corrected chi connectivity index (χ3v) is 2.91. The van der Waals surface area contributed by atoms with Crippen LogP contribution in [0.3, 0.4) is 0 Å². The van der Waals surface area contributed by atoms with Crippen LogP contribution in [0.2, 0.25) is 0 Å². The topological polar surface area (TPSA) is 50.4 Å². The van der Waals surface area contributed by atoms with Crippen molar-refractivity contribution in [3.05, 3.63) is 29.8 Å². The van der Waals surface area contributed by atoms with Crippen LogP contribution in [0, 0.1) is 5.92 Å². The molecule has 1 aromatic carbocycles. The molecule has 0 spiro atoms. The lowest BCUT2D eigenvalue weighted by Gasteiger charge is -2.18. The molecule has 0 bridgehead atoms. The molecule has 0 aliphatic heterocycles. The minimum atomic E-state index is -0.0388. The smallest absolute Gasteiger partial charge is 0.224 e. The quantitative estimate of drug-likeness (QED) is 0.842. The molecule has 108 valence electrons. The first kappa shape index (κ1) is 17.7. The molecule has 0 radical (unpaired) electrons. The third kappa shape index (κ3) is 5.49. The summed E-state index contributed by atoms with van der Waals surface area (Å²) < 4.78 is 5.17. The Kier molecular flexibility index (Phi) is 8.19. The molecule has 5 heteroatoms. The zero-order chi connectivity index (χ0) is 13.5. The number of benzene rings is 1. The van der Waals surface area contributed by atoms with Crippen LogP contribution < -0.4 is 15.4 Å². The lowest BCUT2D eigenvalue weighted by molar-refractivity contribution is -0.125. The van der Waals surface area contributed by atoms with Crippen LogP contribution in [0.5, 0.6) is 5.75 Å². The monoisotopic (exact) mass is 286 g/mol. The third-order valence-electron chi connectivity index (χ3n) is 2.91. The van der Waals surface area contributed by atoms with Crippen LogP contribution in [0.1, 0.15) is 25.5 Å². The van der Waals surface area contributed by atoms with Gasteiger partial charge in [-0.3, -0.25) is 4.79 Å². The lowest BCUT2D eigenvalue weighted by Crippen LogP contribution is -2.35. The van der Waals surface area contributed by atoms with Gasteiger partial charge in [-0.05, 0) is 31.7 Å². The molecule has 2 unspecified atom stereocenters. The van der Waals surface area contributed by atoms with Crippen molar-refractivity contribution in [3.63, 3.8) is 0 Å². The van der Waals surface area contributed by atoms with Crippen LogP contribution in [-0.4, -0.2) is 26.6 Å². The Hall–Kier alpha value is -1.26. The van der Waals surface area contributed by atoms with Crippen LogP contribution >= 0.6 is 12.4 Å². The van der Waals surface area contributed by atoms with Crippen molar-refractivity contribution < 1.29 is 9.53 Å². The first-order valence-corrected chi connectivity index (χ1v) is 6.17. The van der Waals surface area contributed by atoms with Crippen molar-refractivity contribution in [3.8, 4) is 5.75 Å². The molecule has 0 aliphatic carbocycles. The van der Waals surface area contributed by atoms with E-state index in [1.807, 2.05) is 45.2 Å². The maximum absolute atomic E-state index is 11.9. The SMILES string of the molecule is CNCC(C)C(=O)NC(C)c1cccc(OC)c1.Cl. The van der Waals surface area contributed by atoms with Gasteiger partial charge in [0.15, 0.2) is 0 Å². The molecule has 1 amide bonds. The van der Waals surface area contributed by atoms with Crippen LogP contribution in [0.15, 0.2) is 24.3 Å². The number of carbonyl (C=O) groups excluding carboxylic acids is 1. The van der Waals surface area contributed by atoms with E-state index in [1.54, 1.807) is 7.11 Å². The molecule has 0 aliphatic rings. The number of carbonyl (C=O) groups is 1. The summed E-state index contributed by atoms with van der Waals surface area (Å²) in [5.74, 6) is 0.819. The van der Waals surface area contributed by atoms with E-state index in [2.05, 4.69) is 10.6 Å². The van der Waals surface area contributed by atoms with Crippen molar-refractivity contribution in [2.75, 3.05) is 20.7 Å². The number of ether oxygens (including phenoxy) is 1. The highest BCUT2D eigenvalue weighted by atomic mass is 35.5. The van der Waals surface area contributed by atoms with E-state index in [-0.39, 0.29) is 30.3 Å². The highest BCUT2D eigenvalue weighted by Crippen LogP contribution is 2.18. The van der Waals surface area contributed by atoms with E-state index in [9.17, 15) is 4.79 Å². The Labute approximate surface area is 121 Å². The average molecular weight is 287 g/mol. The van der Waals surface area contributed by atoms with E-state index in [0.29, 0.717) is 6.54 Å². The van der Waals surface area contributed by atoms with Gasteiger partial charge < -0.3 is 15.4 Å². The van der Waals surface area contributed by atoms with Gasteiger partial charge in [0, 0.05) is 12.5 Å². The zero-order valence-electron chi connectivity index (χ0n) is 11.9. The number of nitrogens with one attached hydrogen (secondary N) is 2. The van der Waals surface area contributed by atoms with Gasteiger partial charge in [-0.2, -0.15) is 0 Å². The Morgan fingerprint density at radius 2 is 2.05 bits per heavy atom. The Morgan fingerprint density at radius 1 is 1.37 bits per heavy atom. The molecular formula is C14H23ClN2O2. The van der Waals surface area contributed by atoms with Crippen molar-refractivity contribution in [1.29, 1.82) is 0 Å².